The van der Waals surface area contributed by atoms with Gasteiger partial charge in [-0.2, -0.15) is 5.26 Å². The van der Waals surface area contributed by atoms with Crippen molar-refractivity contribution in [2.24, 2.45) is 5.92 Å². The second-order valence-electron chi connectivity index (χ2n) is 2.73. The molecule has 0 aromatic heterocycles. The van der Waals surface area contributed by atoms with Crippen molar-refractivity contribution in [3.8, 4) is 6.07 Å². The van der Waals surface area contributed by atoms with Gasteiger partial charge in [0.2, 0.25) is 0 Å². The van der Waals surface area contributed by atoms with E-state index in [0.29, 0.717) is 12.3 Å². The number of hydrogen-bond donors (Lipinski definition) is 1. The van der Waals surface area contributed by atoms with Gasteiger partial charge in [0.15, 0.2) is 0 Å². The monoisotopic (exact) mass is 152 g/mol. The molecule has 0 aromatic carbocycles. The van der Waals surface area contributed by atoms with E-state index < -0.39 is 0 Å². The molecular weight excluding hydrogens is 136 g/mol. The molecule has 0 aliphatic rings. The summed E-state index contributed by atoms with van der Waals surface area (Å²) in [6, 6.07) is 2.10. The van der Waals surface area contributed by atoms with Gasteiger partial charge in [0.25, 0.3) is 0 Å². The van der Waals surface area contributed by atoms with Gasteiger partial charge in [0.1, 0.15) is 0 Å². The average molecular weight is 152 g/mol. The standard InChI is InChI=1S/C9H16N2/c1-4-9(8(2)3)11-7-5-6-10/h4,8,11H,5,7H2,1-3H3/b9-4-. The molecule has 0 heterocycles. The Morgan fingerprint density at radius 1 is 1.64 bits per heavy atom. The Morgan fingerprint density at radius 3 is 2.64 bits per heavy atom. The highest BCUT2D eigenvalue weighted by molar-refractivity contribution is 5.00. The highest BCUT2D eigenvalue weighted by atomic mass is 14.9. The van der Waals surface area contributed by atoms with E-state index in [0.717, 1.165) is 6.54 Å². The van der Waals surface area contributed by atoms with Crippen LogP contribution in [0.3, 0.4) is 0 Å². The molecule has 0 bridgehead atoms. The lowest BCUT2D eigenvalue weighted by atomic mass is 10.1. The van der Waals surface area contributed by atoms with Gasteiger partial charge in [-0.3, -0.25) is 0 Å². The first-order chi connectivity index (χ1) is 5.22. The predicted octanol–water partition coefficient (Wildman–Crippen LogP) is 2.05. The summed E-state index contributed by atoms with van der Waals surface area (Å²) in [6.45, 7) is 7.03. The van der Waals surface area contributed by atoms with Gasteiger partial charge in [-0.1, -0.05) is 19.9 Å². The van der Waals surface area contributed by atoms with Gasteiger partial charge in [-0.05, 0) is 12.8 Å². The molecule has 2 nitrogen and oxygen atoms in total. The lowest BCUT2D eigenvalue weighted by Gasteiger charge is -2.11. The Kier molecular flexibility index (Phi) is 5.28. The highest BCUT2D eigenvalue weighted by Crippen LogP contribution is 2.04. The van der Waals surface area contributed by atoms with Gasteiger partial charge in [-0.25, -0.2) is 0 Å². The van der Waals surface area contributed by atoms with Crippen molar-refractivity contribution in [3.63, 3.8) is 0 Å². The largest absolute Gasteiger partial charge is 0.387 e. The van der Waals surface area contributed by atoms with Gasteiger partial charge < -0.3 is 5.32 Å². The SMILES string of the molecule is C/C=C(\NCCC#N)C(C)C. The van der Waals surface area contributed by atoms with Gasteiger partial charge in [0.05, 0.1) is 12.5 Å². The lowest BCUT2D eigenvalue weighted by Crippen LogP contribution is -2.18. The Labute approximate surface area is 68.9 Å². The van der Waals surface area contributed by atoms with Crippen molar-refractivity contribution in [1.82, 2.24) is 5.32 Å². The van der Waals surface area contributed by atoms with Crippen LogP contribution in [0.25, 0.3) is 0 Å². The summed E-state index contributed by atoms with van der Waals surface area (Å²) in [5, 5.41) is 11.5. The summed E-state index contributed by atoms with van der Waals surface area (Å²) in [7, 11) is 0. The molecule has 0 amide bonds. The quantitative estimate of drug-likeness (QED) is 0.626. The Balaban J connectivity index is 3.65. The summed E-state index contributed by atoms with van der Waals surface area (Å²) in [5.74, 6) is 0.527. The zero-order valence-corrected chi connectivity index (χ0v) is 7.52. The maximum Gasteiger partial charge on any atom is 0.0640 e. The molecule has 0 saturated heterocycles. The van der Waals surface area contributed by atoms with Gasteiger partial charge in [0, 0.05) is 12.2 Å². The first-order valence-electron chi connectivity index (χ1n) is 3.99. The number of allylic oxidation sites excluding steroid dienone is 2. The molecule has 0 atom stereocenters. The maximum atomic E-state index is 8.28. The average Bonchev–Trinajstić information content (AvgIpc) is 1.97. The molecule has 0 aliphatic carbocycles. The van der Waals surface area contributed by atoms with Crippen molar-refractivity contribution in [2.45, 2.75) is 27.2 Å². The van der Waals surface area contributed by atoms with Crippen LogP contribution < -0.4 is 5.32 Å². The predicted molar refractivity (Wildman–Crippen MR) is 46.8 cm³/mol. The molecule has 11 heavy (non-hydrogen) atoms. The molecule has 0 aromatic rings. The minimum atomic E-state index is 0.527. The van der Waals surface area contributed by atoms with Crippen molar-refractivity contribution in [1.29, 1.82) is 5.26 Å². The van der Waals surface area contributed by atoms with E-state index in [4.69, 9.17) is 5.26 Å². The van der Waals surface area contributed by atoms with E-state index >= 15 is 0 Å². The van der Waals surface area contributed by atoms with Crippen LogP contribution in [-0.4, -0.2) is 6.54 Å². The molecule has 0 saturated carbocycles. The van der Waals surface area contributed by atoms with Gasteiger partial charge in [-0.15, -0.1) is 0 Å². The molecule has 0 spiro atoms. The summed E-state index contributed by atoms with van der Waals surface area (Å²) < 4.78 is 0. The lowest BCUT2D eigenvalue weighted by molar-refractivity contribution is 0.654. The van der Waals surface area contributed by atoms with Crippen molar-refractivity contribution in [3.05, 3.63) is 11.8 Å². The van der Waals surface area contributed by atoms with Crippen LogP contribution in [0.2, 0.25) is 0 Å². The van der Waals surface area contributed by atoms with Crippen LogP contribution in [0.1, 0.15) is 27.2 Å². The normalized spacial score (nSPS) is 11.4. The van der Waals surface area contributed by atoms with Crippen LogP contribution in [-0.2, 0) is 0 Å². The van der Waals surface area contributed by atoms with Crippen molar-refractivity contribution < 1.29 is 0 Å². The molecule has 2 heteroatoms. The van der Waals surface area contributed by atoms with Crippen molar-refractivity contribution >= 4 is 0 Å². The van der Waals surface area contributed by atoms with Crippen LogP contribution in [0.5, 0.6) is 0 Å². The minimum absolute atomic E-state index is 0.527. The minimum Gasteiger partial charge on any atom is -0.387 e. The fourth-order valence-electron chi connectivity index (χ4n) is 0.902. The number of rotatable bonds is 4. The molecule has 1 N–H and O–H groups in total. The summed E-state index contributed by atoms with van der Waals surface area (Å²) in [5.41, 5.74) is 1.22. The zero-order valence-electron chi connectivity index (χ0n) is 7.52. The second-order valence-corrected chi connectivity index (χ2v) is 2.73. The number of nitrogens with one attached hydrogen (secondary N) is 1. The molecule has 0 aliphatic heterocycles. The molecule has 0 fully saturated rings. The highest BCUT2D eigenvalue weighted by Gasteiger charge is 1.98. The van der Waals surface area contributed by atoms with Crippen LogP contribution in [0.15, 0.2) is 11.8 Å². The van der Waals surface area contributed by atoms with E-state index in [1.807, 2.05) is 6.92 Å². The third-order valence-corrected chi connectivity index (χ3v) is 1.50. The van der Waals surface area contributed by atoms with E-state index in [2.05, 4.69) is 31.3 Å². The van der Waals surface area contributed by atoms with Gasteiger partial charge >= 0.3 is 0 Å². The van der Waals surface area contributed by atoms with E-state index in [1.165, 1.54) is 5.70 Å². The van der Waals surface area contributed by atoms with Crippen molar-refractivity contribution in [2.75, 3.05) is 6.54 Å². The van der Waals surface area contributed by atoms with Crippen LogP contribution in [0.4, 0.5) is 0 Å². The topological polar surface area (TPSA) is 35.8 Å². The molecule has 0 rings (SSSR count). The summed E-state index contributed by atoms with van der Waals surface area (Å²) in [6.07, 6.45) is 2.63. The first kappa shape index (κ1) is 10.0. The van der Waals surface area contributed by atoms with E-state index in [-0.39, 0.29) is 0 Å². The van der Waals surface area contributed by atoms with E-state index in [1.54, 1.807) is 0 Å². The Bertz CT molecular complexity index is 163. The summed E-state index contributed by atoms with van der Waals surface area (Å²) in [4.78, 5) is 0. The van der Waals surface area contributed by atoms with Crippen LogP contribution in [0, 0.1) is 17.2 Å². The van der Waals surface area contributed by atoms with E-state index in [9.17, 15) is 0 Å². The first-order valence-corrected chi connectivity index (χ1v) is 3.99. The van der Waals surface area contributed by atoms with Crippen LogP contribution >= 0.6 is 0 Å². The maximum absolute atomic E-state index is 8.28. The number of nitriles is 1. The third-order valence-electron chi connectivity index (χ3n) is 1.50. The molecule has 0 unspecified atom stereocenters. The fraction of sp³-hybridized carbons (Fsp3) is 0.667. The number of hydrogen-bond acceptors (Lipinski definition) is 2. The Hall–Kier alpha value is -0.970. The third kappa shape index (κ3) is 4.44. The summed E-state index contributed by atoms with van der Waals surface area (Å²) >= 11 is 0. The second kappa shape index (κ2) is 5.79. The molecule has 0 radical (unpaired) electrons. The molecular formula is C9H16N2. The smallest absolute Gasteiger partial charge is 0.0640 e. The fourth-order valence-corrected chi connectivity index (χ4v) is 0.902. The zero-order chi connectivity index (χ0) is 8.69. The number of nitrogens with zero attached hydrogens (tertiary/aromatic N) is 1. The molecule has 62 valence electrons. The Morgan fingerprint density at radius 2 is 2.27 bits per heavy atom.